The van der Waals surface area contributed by atoms with Gasteiger partial charge < -0.3 is 72.9 Å². The summed E-state index contributed by atoms with van der Waals surface area (Å²) in [6.45, 7) is 8.74. The summed E-state index contributed by atoms with van der Waals surface area (Å²) in [5, 5.41) is 50.4. The average molecular weight is 1780 g/mol. The number of halogens is 8. The quantitative estimate of drug-likeness (QED) is 0.0240. The second-order valence-corrected chi connectivity index (χ2v) is 29.4. The number of fused-ring (bicyclic) bond motifs is 4. The zero-order chi connectivity index (χ0) is 91.1. The fourth-order valence-electron chi connectivity index (χ4n) is 14.5. The van der Waals surface area contributed by atoms with Gasteiger partial charge in [0, 0.05) is 143 Å². The van der Waals surface area contributed by atoms with Gasteiger partial charge in [-0.25, -0.2) is 38.5 Å². The fourth-order valence-corrected chi connectivity index (χ4v) is 14.5. The van der Waals surface area contributed by atoms with E-state index in [9.17, 15) is 93.9 Å². The van der Waals surface area contributed by atoms with Gasteiger partial charge in [-0.2, -0.15) is 26.3 Å². The van der Waals surface area contributed by atoms with E-state index in [1.54, 1.807) is 63.6 Å². The summed E-state index contributed by atoms with van der Waals surface area (Å²) >= 11 is 0. The topological polar surface area (TPSA) is 415 Å². The molecule has 4 aliphatic rings. The lowest BCUT2D eigenvalue weighted by Crippen LogP contribution is -2.42. The number of morpholine rings is 3. The van der Waals surface area contributed by atoms with Crippen LogP contribution in [0.2, 0.25) is 0 Å². The van der Waals surface area contributed by atoms with E-state index in [1.807, 2.05) is 48.7 Å². The molecule has 7 aromatic carbocycles. The lowest BCUT2D eigenvalue weighted by Gasteiger charge is -2.28. The predicted octanol–water partition coefficient (Wildman–Crippen LogP) is 10.7. The predicted molar refractivity (Wildman–Crippen MR) is 454 cm³/mol. The summed E-state index contributed by atoms with van der Waals surface area (Å²) in [5.41, 5.74) is 7.27. The summed E-state index contributed by atoms with van der Waals surface area (Å²) < 4.78 is 127. The first-order chi connectivity index (χ1) is 61.5. The molecule has 34 nitrogen and oxygen atoms in total. The van der Waals surface area contributed by atoms with Crippen molar-refractivity contribution in [3.8, 4) is 0 Å². The molecule has 16 rings (SSSR count). The van der Waals surface area contributed by atoms with Crippen LogP contribution in [0.25, 0.3) is 44.1 Å². The van der Waals surface area contributed by atoms with Crippen molar-refractivity contribution < 1.29 is 108 Å². The fraction of sp³-hybridized carbons (Fsp3) is 0.326. The molecular weight excluding hydrogens is 1690 g/mol. The number of hydrogen-bond donors (Lipinski definition) is 9. The number of rotatable bonds is 25. The van der Waals surface area contributed by atoms with Crippen molar-refractivity contribution in [2.24, 2.45) is 0 Å². The van der Waals surface area contributed by atoms with Crippen molar-refractivity contribution in [1.82, 2.24) is 53.5 Å². The molecule has 0 atom stereocenters. The molecule has 672 valence electrons. The minimum Gasteiger partial charge on any atom is -0.396 e. The van der Waals surface area contributed by atoms with Crippen LogP contribution in [-0.4, -0.2) is 215 Å². The highest BCUT2D eigenvalue weighted by molar-refractivity contribution is 6.08. The van der Waals surface area contributed by atoms with Gasteiger partial charge in [-0.1, -0.05) is 24.3 Å². The number of nitrogens with zero attached hydrogens (tertiary/aromatic N) is 14. The monoisotopic (exact) mass is 1780 g/mol. The van der Waals surface area contributed by atoms with Gasteiger partial charge in [0.1, 0.15) is 25.5 Å². The highest BCUT2D eigenvalue weighted by Crippen LogP contribution is 2.37. The second-order valence-electron chi connectivity index (χ2n) is 29.4. The molecule has 0 saturated carbocycles. The van der Waals surface area contributed by atoms with E-state index < -0.39 is 53.5 Å². The molecule has 4 saturated heterocycles. The summed E-state index contributed by atoms with van der Waals surface area (Å²) in [6, 6.07) is 31.3. The molecule has 4 fully saturated rings. The van der Waals surface area contributed by atoms with E-state index in [0.29, 0.717) is 161 Å². The number of hydrogen-bond acceptors (Lipinski definition) is 21. The first-order valence-electron chi connectivity index (χ1n) is 40.4. The molecule has 9 amide bonds. The SMILES string of the molecule is Cc1cc2c(cc1N1CCOCC1=O)nc(NC(=O)c1cccc(C(F)(F)F)c1)n2CCCO.Cc1cc2c(cc1N1CCOCC1=O)nc(NC(=O)c1cccc(C(F)F)c1)n2CCCO.O=C(Nc1nc2cc(N3CCNC3=O)ccc2n1CCCO)c1cccc(C(F)(F)F)c1.O=C(Nc1nc2cc(N3CCOCC3=O)ccc2n1CCCO)c1cnccn1. The minimum atomic E-state index is -4.57. The van der Waals surface area contributed by atoms with Crippen LogP contribution in [0.15, 0.2) is 152 Å². The number of aryl methyl sites for hydroxylation is 6. The Morgan fingerprint density at radius 2 is 0.828 bits per heavy atom. The molecule has 0 bridgehead atoms. The first kappa shape index (κ1) is 91.9. The van der Waals surface area contributed by atoms with Crippen LogP contribution >= 0.6 is 0 Å². The first-order valence-corrected chi connectivity index (χ1v) is 40.4. The number of alkyl halides is 8. The number of carbonyl (C=O) groups excluding carboxylic acids is 8. The van der Waals surface area contributed by atoms with E-state index in [1.165, 1.54) is 61.1 Å². The molecule has 0 aliphatic carbocycles. The van der Waals surface area contributed by atoms with Crippen LogP contribution in [0, 0.1) is 13.8 Å². The molecule has 4 aliphatic heterocycles. The Morgan fingerprint density at radius 1 is 0.445 bits per heavy atom. The van der Waals surface area contributed by atoms with Gasteiger partial charge in [0.2, 0.25) is 23.8 Å². The maximum Gasteiger partial charge on any atom is 0.416 e. The third kappa shape index (κ3) is 21.6. The third-order valence-electron chi connectivity index (χ3n) is 20.8. The van der Waals surface area contributed by atoms with Crippen LogP contribution in [0.5, 0.6) is 0 Å². The number of carbonyl (C=O) groups is 8. The van der Waals surface area contributed by atoms with E-state index in [4.69, 9.17) is 14.2 Å². The van der Waals surface area contributed by atoms with Crippen LogP contribution in [-0.2, 0) is 67.1 Å². The molecule has 5 aromatic heterocycles. The Bertz CT molecular complexity index is 6100. The summed E-state index contributed by atoms with van der Waals surface area (Å²) in [5.74, 6) is -2.06. The van der Waals surface area contributed by atoms with Crippen LogP contribution in [0.4, 0.5) is 86.5 Å². The Hall–Kier alpha value is -13.8. The Kier molecular flexibility index (Phi) is 29.5. The molecule has 42 heteroatoms. The lowest BCUT2D eigenvalue weighted by atomic mass is 10.1. The van der Waals surface area contributed by atoms with Gasteiger partial charge in [-0.05, 0) is 160 Å². The lowest BCUT2D eigenvalue weighted by molar-refractivity contribution is -0.138. The van der Waals surface area contributed by atoms with Gasteiger partial charge in [0.25, 0.3) is 47.8 Å². The van der Waals surface area contributed by atoms with Crippen LogP contribution in [0.1, 0.15) is 101 Å². The number of anilines is 8. The normalized spacial score (nSPS) is 14.4. The number of imidazole rings is 4. The van der Waals surface area contributed by atoms with Crippen LogP contribution in [0.3, 0.4) is 0 Å². The standard InChI is InChI=1S/C23H23F3N4O4.C23H24F2N4O4.C21H20F3N5O3.C19H20N6O4/c1-14-10-19-17(12-18(14)29-7-9-34-13-20(29)32)27-22(30(19)6-3-8-31)28-21(33)15-4-2-5-16(11-15)23(24,25)26;1-14-10-19-17(12-18(14)28-7-9-33-13-20(28)31)26-23(29(19)6-3-8-30)27-22(32)16-5-2-4-15(11-16)21(24)25;22-21(23,24)14-4-1-3-13(11-14)18(31)27-19-26-16-12-15(28-9-7-25-20(28)32)5-6-17(16)29(19)8-2-10-30;26-8-1-6-25-16-3-2-13(24-7-9-29-12-17(24)27)10-14(16)22-19(25)23-18(28)15-11-20-4-5-21-15/h2,4-5,10-12,31H,3,6-9,13H2,1H3,(H,27,28,33);2,4-5,10-12,21,30H,3,6-9,13H2,1H3,(H,26,27,32);1,3-6,11-12,30H,2,7-10H2,(H,25,32)(H,26,27,31);2-5,10-11,26H,1,6-9,12H2,(H,22,23,28). The third-order valence-corrected chi connectivity index (χ3v) is 20.8. The maximum atomic E-state index is 13.1. The Morgan fingerprint density at radius 3 is 1.20 bits per heavy atom. The number of aliphatic hydroxyl groups is 4. The van der Waals surface area contributed by atoms with E-state index >= 15 is 0 Å². The van der Waals surface area contributed by atoms with Gasteiger partial charge in [-0.15, -0.1) is 0 Å². The molecule has 0 unspecified atom stereocenters. The number of amides is 9. The summed E-state index contributed by atoms with van der Waals surface area (Å²) in [7, 11) is 0. The van der Waals surface area contributed by atoms with E-state index in [-0.39, 0.29) is 116 Å². The molecule has 128 heavy (non-hydrogen) atoms. The van der Waals surface area contributed by atoms with Crippen molar-refractivity contribution >= 4 is 138 Å². The van der Waals surface area contributed by atoms with Crippen molar-refractivity contribution in [1.29, 1.82) is 0 Å². The van der Waals surface area contributed by atoms with E-state index in [0.717, 1.165) is 58.2 Å². The number of urea groups is 1. The molecule has 12 aromatic rings. The Labute approximate surface area is 723 Å². The molecule has 9 N–H and O–H groups in total. The maximum absolute atomic E-state index is 13.1. The molecule has 0 radical (unpaired) electrons. The summed E-state index contributed by atoms with van der Waals surface area (Å²) in [4.78, 5) is 132. The number of aliphatic hydroxyl groups excluding tert-OH is 4. The molecule has 0 spiro atoms. The molecular formula is C86H87F8N19O15. The van der Waals surface area contributed by atoms with Gasteiger partial charge in [0.05, 0.1) is 81.3 Å². The van der Waals surface area contributed by atoms with Crippen LogP contribution < -0.4 is 46.2 Å². The van der Waals surface area contributed by atoms with Crippen molar-refractivity contribution in [2.45, 2.75) is 84.5 Å². The van der Waals surface area contributed by atoms with Gasteiger partial charge >= 0.3 is 18.4 Å². The zero-order valence-electron chi connectivity index (χ0n) is 68.8. The Balaban J connectivity index is 0.000000146. The minimum absolute atomic E-state index is 0.0115. The number of benzene rings is 7. The van der Waals surface area contributed by atoms with E-state index in [2.05, 4.69) is 56.5 Å². The highest BCUT2D eigenvalue weighted by atomic mass is 19.4. The average Bonchev–Trinajstić information content (AvgIpc) is 1.61. The van der Waals surface area contributed by atoms with Gasteiger partial charge in [-0.3, -0.25) is 64.7 Å². The van der Waals surface area contributed by atoms with Crippen molar-refractivity contribution in [2.75, 3.05) is 140 Å². The smallest absolute Gasteiger partial charge is 0.396 e. The number of nitrogens with one attached hydrogen (secondary N) is 5. The van der Waals surface area contributed by atoms with Crippen molar-refractivity contribution in [3.05, 3.63) is 202 Å². The largest absolute Gasteiger partial charge is 0.416 e. The van der Waals surface area contributed by atoms with Gasteiger partial charge in [0.15, 0.2) is 0 Å². The number of aromatic nitrogens is 10. The highest BCUT2D eigenvalue weighted by Gasteiger charge is 2.35. The second kappa shape index (κ2) is 41.1. The zero-order valence-corrected chi connectivity index (χ0v) is 68.8. The van der Waals surface area contributed by atoms with Crippen molar-refractivity contribution in [3.63, 3.8) is 0 Å². The summed E-state index contributed by atoms with van der Waals surface area (Å²) in [6.07, 6.45) is -5.83. The molecule has 9 heterocycles. The number of ether oxygens (including phenoxy) is 3.